The largest absolute Gasteiger partial charge is 0.497 e. The number of carboxylic acid groups (broad SMARTS) is 1. The van der Waals surface area contributed by atoms with Crippen LogP contribution in [0.5, 0.6) is 5.75 Å². The molecule has 0 aromatic heterocycles. The fraction of sp³-hybridized carbons (Fsp3) is 0.308. The van der Waals surface area contributed by atoms with Crippen molar-refractivity contribution in [2.45, 2.75) is 6.92 Å². The number of benzene rings is 1. The number of anilines is 1. The Kier molecular flexibility index (Phi) is 4.57. The van der Waals surface area contributed by atoms with Crippen LogP contribution in [0.2, 0.25) is 0 Å². The Bertz CT molecular complexity index is 409. The third-order valence-electron chi connectivity index (χ3n) is 2.37. The lowest BCUT2D eigenvalue weighted by molar-refractivity contribution is -0.131. The van der Waals surface area contributed by atoms with Crippen molar-refractivity contribution in [1.29, 1.82) is 0 Å². The molecule has 1 aromatic rings. The molecule has 1 N–H and O–H groups in total. The van der Waals surface area contributed by atoms with Gasteiger partial charge in [0.15, 0.2) is 0 Å². The van der Waals surface area contributed by atoms with Crippen LogP contribution >= 0.6 is 0 Å². The quantitative estimate of drug-likeness (QED) is 0.794. The first-order valence-electron chi connectivity index (χ1n) is 5.28. The fourth-order valence-electron chi connectivity index (χ4n) is 1.56. The standard InChI is InChI=1S/C13H17NO3/c1-10(8-13(15)16)9-14(2)11-4-6-12(17-3)7-5-11/h4-8H,9H2,1-3H3,(H,15,16)/b10-8+. The van der Waals surface area contributed by atoms with Gasteiger partial charge in [0.25, 0.3) is 0 Å². The zero-order chi connectivity index (χ0) is 12.8. The number of carboxylic acids is 1. The average Bonchev–Trinajstić information content (AvgIpc) is 2.28. The van der Waals surface area contributed by atoms with Crippen LogP contribution in [-0.2, 0) is 4.79 Å². The number of hydrogen-bond donors (Lipinski definition) is 1. The second kappa shape index (κ2) is 5.94. The van der Waals surface area contributed by atoms with E-state index in [0.29, 0.717) is 6.54 Å². The Labute approximate surface area is 101 Å². The lowest BCUT2D eigenvalue weighted by Crippen LogP contribution is -2.19. The summed E-state index contributed by atoms with van der Waals surface area (Å²) < 4.78 is 5.08. The number of methoxy groups -OCH3 is 1. The lowest BCUT2D eigenvalue weighted by Gasteiger charge is -2.19. The molecular formula is C13H17NO3. The molecule has 0 bridgehead atoms. The first-order chi connectivity index (χ1) is 8.02. The fourth-order valence-corrected chi connectivity index (χ4v) is 1.56. The van der Waals surface area contributed by atoms with E-state index in [0.717, 1.165) is 17.0 Å². The minimum Gasteiger partial charge on any atom is -0.497 e. The SMILES string of the molecule is COc1ccc(N(C)C/C(C)=C/C(=O)O)cc1. The molecule has 0 radical (unpaired) electrons. The van der Waals surface area contributed by atoms with Crippen molar-refractivity contribution in [2.24, 2.45) is 0 Å². The van der Waals surface area contributed by atoms with E-state index in [1.54, 1.807) is 14.0 Å². The van der Waals surface area contributed by atoms with Crippen molar-refractivity contribution >= 4 is 11.7 Å². The van der Waals surface area contributed by atoms with E-state index in [-0.39, 0.29) is 0 Å². The van der Waals surface area contributed by atoms with Crippen molar-refractivity contribution in [2.75, 3.05) is 25.6 Å². The molecule has 0 aliphatic carbocycles. The van der Waals surface area contributed by atoms with Gasteiger partial charge in [0.1, 0.15) is 5.75 Å². The Hall–Kier alpha value is -1.97. The molecule has 0 aliphatic heterocycles. The van der Waals surface area contributed by atoms with Crippen LogP contribution in [0.1, 0.15) is 6.92 Å². The highest BCUT2D eigenvalue weighted by molar-refractivity contribution is 5.80. The van der Waals surface area contributed by atoms with Crippen molar-refractivity contribution in [3.63, 3.8) is 0 Å². The highest BCUT2D eigenvalue weighted by Crippen LogP contribution is 2.18. The number of hydrogen-bond acceptors (Lipinski definition) is 3. The third-order valence-corrected chi connectivity index (χ3v) is 2.37. The molecule has 0 heterocycles. The van der Waals surface area contributed by atoms with Gasteiger partial charge in [0.05, 0.1) is 7.11 Å². The van der Waals surface area contributed by atoms with E-state index in [4.69, 9.17) is 9.84 Å². The van der Waals surface area contributed by atoms with Crippen molar-refractivity contribution in [3.05, 3.63) is 35.9 Å². The predicted molar refractivity (Wildman–Crippen MR) is 67.7 cm³/mol. The first-order valence-corrected chi connectivity index (χ1v) is 5.28. The minimum absolute atomic E-state index is 0.582. The summed E-state index contributed by atoms with van der Waals surface area (Å²) in [6.45, 7) is 2.38. The predicted octanol–water partition coefficient (Wildman–Crippen LogP) is 2.16. The van der Waals surface area contributed by atoms with Gasteiger partial charge in [-0.1, -0.05) is 0 Å². The van der Waals surface area contributed by atoms with E-state index in [1.165, 1.54) is 6.08 Å². The maximum Gasteiger partial charge on any atom is 0.328 e. The molecule has 0 atom stereocenters. The molecule has 0 unspecified atom stereocenters. The maximum atomic E-state index is 10.5. The van der Waals surface area contributed by atoms with Crippen LogP contribution in [-0.4, -0.2) is 31.8 Å². The molecule has 0 aliphatic rings. The van der Waals surface area contributed by atoms with Crippen LogP contribution < -0.4 is 9.64 Å². The number of likely N-dealkylation sites (N-methyl/N-ethyl adjacent to an activating group) is 1. The lowest BCUT2D eigenvalue weighted by atomic mass is 10.2. The van der Waals surface area contributed by atoms with E-state index in [1.807, 2.05) is 36.2 Å². The summed E-state index contributed by atoms with van der Waals surface area (Å²) in [5.41, 5.74) is 1.82. The Morgan fingerprint density at radius 1 is 1.41 bits per heavy atom. The number of rotatable bonds is 5. The molecule has 0 saturated heterocycles. The van der Waals surface area contributed by atoms with Crippen LogP contribution in [0.4, 0.5) is 5.69 Å². The van der Waals surface area contributed by atoms with Gasteiger partial charge in [-0.05, 0) is 36.8 Å². The number of nitrogens with zero attached hydrogens (tertiary/aromatic N) is 1. The van der Waals surface area contributed by atoms with Crippen molar-refractivity contribution < 1.29 is 14.6 Å². The molecule has 4 heteroatoms. The van der Waals surface area contributed by atoms with E-state index < -0.39 is 5.97 Å². The summed E-state index contributed by atoms with van der Waals surface area (Å²) in [5, 5.41) is 8.62. The zero-order valence-corrected chi connectivity index (χ0v) is 10.3. The molecule has 0 saturated carbocycles. The summed E-state index contributed by atoms with van der Waals surface area (Å²) in [6.07, 6.45) is 1.22. The smallest absolute Gasteiger partial charge is 0.328 e. The number of carbonyl (C=O) groups is 1. The normalized spacial score (nSPS) is 11.1. The molecule has 92 valence electrons. The van der Waals surface area contributed by atoms with Crippen LogP contribution in [0.15, 0.2) is 35.9 Å². The molecule has 4 nitrogen and oxygen atoms in total. The van der Waals surface area contributed by atoms with Crippen LogP contribution in [0.3, 0.4) is 0 Å². The third kappa shape index (κ3) is 4.18. The molecule has 1 rings (SSSR count). The Balaban J connectivity index is 2.69. The van der Waals surface area contributed by atoms with Crippen LogP contribution in [0.25, 0.3) is 0 Å². The van der Waals surface area contributed by atoms with Gasteiger partial charge in [0, 0.05) is 25.4 Å². The summed E-state index contributed by atoms with van der Waals surface area (Å²) in [5.74, 6) is -0.106. The topological polar surface area (TPSA) is 49.8 Å². The molecule has 0 spiro atoms. The highest BCUT2D eigenvalue weighted by Gasteiger charge is 2.03. The van der Waals surface area contributed by atoms with E-state index >= 15 is 0 Å². The summed E-state index contributed by atoms with van der Waals surface area (Å²) in [4.78, 5) is 12.5. The van der Waals surface area contributed by atoms with Gasteiger partial charge in [-0.2, -0.15) is 0 Å². The molecule has 0 fully saturated rings. The summed E-state index contributed by atoms with van der Waals surface area (Å²) in [6, 6.07) is 7.63. The van der Waals surface area contributed by atoms with Gasteiger partial charge >= 0.3 is 5.97 Å². The zero-order valence-electron chi connectivity index (χ0n) is 10.3. The van der Waals surface area contributed by atoms with Gasteiger partial charge in [-0.25, -0.2) is 4.79 Å². The van der Waals surface area contributed by atoms with E-state index in [9.17, 15) is 4.79 Å². The maximum absolute atomic E-state index is 10.5. The van der Waals surface area contributed by atoms with E-state index in [2.05, 4.69) is 0 Å². The monoisotopic (exact) mass is 235 g/mol. The van der Waals surface area contributed by atoms with Gasteiger partial charge in [-0.3, -0.25) is 0 Å². The van der Waals surface area contributed by atoms with Crippen molar-refractivity contribution in [3.8, 4) is 5.75 Å². The minimum atomic E-state index is -0.911. The number of ether oxygens (including phenoxy) is 1. The highest BCUT2D eigenvalue weighted by atomic mass is 16.5. The summed E-state index contributed by atoms with van der Waals surface area (Å²) >= 11 is 0. The first kappa shape index (κ1) is 13.1. The molecule has 17 heavy (non-hydrogen) atoms. The molecular weight excluding hydrogens is 218 g/mol. The average molecular weight is 235 g/mol. The Morgan fingerprint density at radius 3 is 2.47 bits per heavy atom. The number of aliphatic carboxylic acids is 1. The van der Waals surface area contributed by atoms with Gasteiger partial charge < -0.3 is 14.7 Å². The second-order valence-corrected chi connectivity index (χ2v) is 3.88. The molecule has 1 aromatic carbocycles. The summed E-state index contributed by atoms with van der Waals surface area (Å²) in [7, 11) is 3.54. The van der Waals surface area contributed by atoms with Crippen molar-refractivity contribution in [1.82, 2.24) is 0 Å². The van der Waals surface area contributed by atoms with Crippen LogP contribution in [0, 0.1) is 0 Å². The second-order valence-electron chi connectivity index (χ2n) is 3.88. The molecule has 0 amide bonds. The van der Waals surface area contributed by atoms with Gasteiger partial charge in [0.2, 0.25) is 0 Å². The van der Waals surface area contributed by atoms with Gasteiger partial charge in [-0.15, -0.1) is 0 Å². The Morgan fingerprint density at radius 2 is 2.00 bits per heavy atom.